The van der Waals surface area contributed by atoms with E-state index < -0.39 is 0 Å². The van der Waals surface area contributed by atoms with E-state index in [-0.39, 0.29) is 5.91 Å². The maximum absolute atomic E-state index is 13.1. The first-order valence-corrected chi connectivity index (χ1v) is 9.82. The molecule has 0 aliphatic carbocycles. The summed E-state index contributed by atoms with van der Waals surface area (Å²) in [6.07, 6.45) is 1.25. The molecule has 0 atom stereocenters. The average Bonchev–Trinajstić information content (AvgIpc) is 3.09. The summed E-state index contributed by atoms with van der Waals surface area (Å²) in [4.78, 5) is 21.7. The van der Waals surface area contributed by atoms with Gasteiger partial charge in [-0.2, -0.15) is 0 Å². The van der Waals surface area contributed by atoms with Gasteiger partial charge in [0.1, 0.15) is 5.75 Å². The molecular formula is C21H25N3O2S. The Labute approximate surface area is 164 Å². The summed E-state index contributed by atoms with van der Waals surface area (Å²) in [6, 6.07) is 15.7. The number of hydrogen-bond donors (Lipinski definition) is 0. The predicted octanol–water partition coefficient (Wildman–Crippen LogP) is 3.83. The number of aromatic nitrogens is 1. The Bertz CT molecular complexity index is 857. The molecule has 6 heteroatoms. The van der Waals surface area contributed by atoms with Gasteiger partial charge >= 0.3 is 0 Å². The number of amides is 1. The van der Waals surface area contributed by atoms with Crippen molar-refractivity contribution >= 4 is 32.6 Å². The summed E-state index contributed by atoms with van der Waals surface area (Å²) in [5.41, 5.74) is 1.91. The van der Waals surface area contributed by atoms with Crippen LogP contribution in [0, 0.1) is 0 Å². The second-order valence-electron chi connectivity index (χ2n) is 6.69. The van der Waals surface area contributed by atoms with Crippen LogP contribution in [0.25, 0.3) is 10.2 Å². The molecule has 0 saturated carbocycles. The fourth-order valence-corrected chi connectivity index (χ4v) is 3.87. The van der Waals surface area contributed by atoms with Gasteiger partial charge in [0.05, 0.1) is 23.7 Å². The zero-order valence-electron chi connectivity index (χ0n) is 16.0. The predicted molar refractivity (Wildman–Crippen MR) is 112 cm³/mol. The minimum atomic E-state index is 0.0676. The van der Waals surface area contributed by atoms with Crippen LogP contribution in [0.1, 0.15) is 12.0 Å². The van der Waals surface area contributed by atoms with Crippen LogP contribution in [-0.4, -0.2) is 50.1 Å². The fraction of sp³-hybridized carbons (Fsp3) is 0.333. The molecule has 0 radical (unpaired) electrons. The molecule has 0 spiro atoms. The quantitative estimate of drug-likeness (QED) is 0.593. The summed E-state index contributed by atoms with van der Waals surface area (Å²) in [6.45, 7) is 1.59. The zero-order chi connectivity index (χ0) is 19.2. The minimum absolute atomic E-state index is 0.0676. The molecule has 1 amide bonds. The molecule has 27 heavy (non-hydrogen) atoms. The topological polar surface area (TPSA) is 45.7 Å². The molecule has 5 nitrogen and oxygen atoms in total. The lowest BCUT2D eigenvalue weighted by Crippen LogP contribution is -2.34. The van der Waals surface area contributed by atoms with E-state index in [0.29, 0.717) is 13.0 Å². The SMILES string of the molecule is COc1ccc(CC(=O)N(CCCN(C)C)c2nc3ccccc3s2)cc1. The highest BCUT2D eigenvalue weighted by atomic mass is 32.1. The fourth-order valence-electron chi connectivity index (χ4n) is 2.86. The summed E-state index contributed by atoms with van der Waals surface area (Å²) in [5, 5.41) is 0.772. The number of benzene rings is 2. The lowest BCUT2D eigenvalue weighted by Gasteiger charge is -2.21. The molecule has 1 aromatic heterocycles. The maximum Gasteiger partial charge on any atom is 0.233 e. The molecule has 0 bridgehead atoms. The highest BCUT2D eigenvalue weighted by Gasteiger charge is 2.20. The lowest BCUT2D eigenvalue weighted by molar-refractivity contribution is -0.118. The number of fused-ring (bicyclic) bond motifs is 1. The Morgan fingerprint density at radius 1 is 1.07 bits per heavy atom. The Morgan fingerprint density at radius 2 is 1.81 bits per heavy atom. The third-order valence-electron chi connectivity index (χ3n) is 4.32. The van der Waals surface area contributed by atoms with E-state index in [1.165, 1.54) is 0 Å². The van der Waals surface area contributed by atoms with Gasteiger partial charge < -0.3 is 9.64 Å². The van der Waals surface area contributed by atoms with Crippen LogP contribution in [0.4, 0.5) is 5.13 Å². The molecule has 0 saturated heterocycles. The molecule has 0 N–H and O–H groups in total. The number of anilines is 1. The average molecular weight is 384 g/mol. The van der Waals surface area contributed by atoms with Crippen LogP contribution in [0.2, 0.25) is 0 Å². The highest BCUT2D eigenvalue weighted by molar-refractivity contribution is 7.22. The standard InChI is InChI=1S/C21H25N3O2S/c1-23(2)13-6-14-24(21-22-18-7-4-5-8-19(18)27-21)20(25)15-16-9-11-17(26-3)12-10-16/h4-5,7-12H,6,13-15H2,1-3H3. The molecule has 2 aromatic carbocycles. The van der Waals surface area contributed by atoms with Gasteiger partial charge in [0.15, 0.2) is 5.13 Å². The van der Waals surface area contributed by atoms with Crippen molar-refractivity contribution in [3.63, 3.8) is 0 Å². The summed E-state index contributed by atoms with van der Waals surface area (Å²) < 4.78 is 6.29. The monoisotopic (exact) mass is 383 g/mol. The molecule has 0 fully saturated rings. The number of rotatable bonds is 8. The maximum atomic E-state index is 13.1. The third kappa shape index (κ3) is 5.05. The summed E-state index contributed by atoms with van der Waals surface area (Å²) in [5.74, 6) is 0.859. The molecule has 3 rings (SSSR count). The number of nitrogens with zero attached hydrogens (tertiary/aromatic N) is 3. The third-order valence-corrected chi connectivity index (χ3v) is 5.38. The van der Waals surface area contributed by atoms with Crippen molar-refractivity contribution < 1.29 is 9.53 Å². The van der Waals surface area contributed by atoms with E-state index in [1.807, 2.05) is 67.5 Å². The second kappa shape index (κ2) is 8.97. The number of thiazole rings is 1. The van der Waals surface area contributed by atoms with Crippen molar-refractivity contribution in [2.75, 3.05) is 39.2 Å². The van der Waals surface area contributed by atoms with Crippen LogP contribution in [0.3, 0.4) is 0 Å². The zero-order valence-corrected chi connectivity index (χ0v) is 16.8. The van der Waals surface area contributed by atoms with Crippen molar-refractivity contribution in [1.82, 2.24) is 9.88 Å². The van der Waals surface area contributed by atoms with Gasteiger partial charge in [0.2, 0.25) is 5.91 Å². The Morgan fingerprint density at radius 3 is 2.48 bits per heavy atom. The number of carbonyl (C=O) groups excluding carboxylic acids is 1. The van der Waals surface area contributed by atoms with Crippen LogP contribution in [-0.2, 0) is 11.2 Å². The van der Waals surface area contributed by atoms with Crippen molar-refractivity contribution in [1.29, 1.82) is 0 Å². The van der Waals surface area contributed by atoms with Gasteiger partial charge in [0.25, 0.3) is 0 Å². The first kappa shape index (κ1) is 19.3. The Kier molecular flexibility index (Phi) is 6.42. The summed E-state index contributed by atoms with van der Waals surface area (Å²) in [7, 11) is 5.72. The van der Waals surface area contributed by atoms with Gasteiger partial charge in [-0.1, -0.05) is 35.6 Å². The normalized spacial score (nSPS) is 11.1. The van der Waals surface area contributed by atoms with Gasteiger partial charge in [-0.15, -0.1) is 0 Å². The van der Waals surface area contributed by atoms with Crippen LogP contribution >= 0.6 is 11.3 Å². The first-order valence-electron chi connectivity index (χ1n) is 9.00. The van der Waals surface area contributed by atoms with Crippen molar-refractivity contribution in [2.45, 2.75) is 12.8 Å². The van der Waals surface area contributed by atoms with E-state index in [9.17, 15) is 4.79 Å². The van der Waals surface area contributed by atoms with E-state index in [2.05, 4.69) is 4.90 Å². The van der Waals surface area contributed by atoms with E-state index >= 15 is 0 Å². The highest BCUT2D eigenvalue weighted by Crippen LogP contribution is 2.29. The number of ether oxygens (including phenoxy) is 1. The molecule has 0 aliphatic heterocycles. The van der Waals surface area contributed by atoms with Gasteiger partial charge in [-0.25, -0.2) is 4.98 Å². The van der Waals surface area contributed by atoms with Crippen molar-refractivity contribution in [3.8, 4) is 5.75 Å². The molecule has 142 valence electrons. The van der Waals surface area contributed by atoms with Crippen LogP contribution in [0.15, 0.2) is 48.5 Å². The second-order valence-corrected chi connectivity index (χ2v) is 7.70. The molecular weight excluding hydrogens is 358 g/mol. The number of methoxy groups -OCH3 is 1. The van der Waals surface area contributed by atoms with E-state index in [1.54, 1.807) is 18.4 Å². The first-order chi connectivity index (χ1) is 13.1. The van der Waals surface area contributed by atoms with Crippen molar-refractivity contribution in [2.24, 2.45) is 0 Å². The van der Waals surface area contributed by atoms with Gasteiger partial charge in [-0.05, 0) is 56.9 Å². The van der Waals surface area contributed by atoms with E-state index in [4.69, 9.17) is 9.72 Å². The van der Waals surface area contributed by atoms with Crippen molar-refractivity contribution in [3.05, 3.63) is 54.1 Å². The largest absolute Gasteiger partial charge is 0.497 e. The van der Waals surface area contributed by atoms with Crippen LogP contribution < -0.4 is 9.64 Å². The number of hydrogen-bond acceptors (Lipinski definition) is 5. The molecule has 0 unspecified atom stereocenters. The summed E-state index contributed by atoms with van der Waals surface area (Å²) >= 11 is 1.57. The Balaban J connectivity index is 1.80. The number of carbonyl (C=O) groups is 1. The minimum Gasteiger partial charge on any atom is -0.497 e. The van der Waals surface area contributed by atoms with Gasteiger partial charge in [0, 0.05) is 6.54 Å². The van der Waals surface area contributed by atoms with Gasteiger partial charge in [-0.3, -0.25) is 9.69 Å². The molecule has 0 aliphatic rings. The number of para-hydroxylation sites is 1. The molecule has 3 aromatic rings. The Hall–Kier alpha value is -2.44. The lowest BCUT2D eigenvalue weighted by atomic mass is 10.1. The molecule has 1 heterocycles. The van der Waals surface area contributed by atoms with E-state index in [0.717, 1.165) is 39.6 Å². The smallest absolute Gasteiger partial charge is 0.233 e. The van der Waals surface area contributed by atoms with Crippen LogP contribution in [0.5, 0.6) is 5.75 Å².